The Bertz CT molecular complexity index is 475. The molecule has 0 amide bonds. The minimum Gasteiger partial charge on any atom is -0.387 e. The molecule has 5 heteroatoms. The normalized spacial score (nSPS) is 27.8. The smallest absolute Gasteiger partial charge is 0.387 e. The Balaban J connectivity index is 1.96. The first-order valence-corrected chi connectivity index (χ1v) is 7.37. The molecule has 1 aromatic carbocycles. The van der Waals surface area contributed by atoms with Gasteiger partial charge in [0.05, 0.1) is 11.7 Å². The third-order valence-electron chi connectivity index (χ3n) is 4.64. The van der Waals surface area contributed by atoms with Crippen molar-refractivity contribution < 1.29 is 18.3 Å². The van der Waals surface area contributed by atoms with E-state index in [-0.39, 0.29) is 6.54 Å². The van der Waals surface area contributed by atoms with Gasteiger partial charge in [-0.25, -0.2) is 0 Å². The van der Waals surface area contributed by atoms with Crippen molar-refractivity contribution in [3.8, 4) is 0 Å². The van der Waals surface area contributed by atoms with E-state index in [1.165, 1.54) is 12.1 Å². The van der Waals surface area contributed by atoms with Gasteiger partial charge in [0.2, 0.25) is 0 Å². The summed E-state index contributed by atoms with van der Waals surface area (Å²) in [7, 11) is 0. The van der Waals surface area contributed by atoms with Crippen molar-refractivity contribution in [2.75, 3.05) is 6.54 Å². The largest absolute Gasteiger partial charge is 0.416 e. The first kappa shape index (κ1) is 16.3. The third kappa shape index (κ3) is 3.98. The number of halogens is 3. The summed E-state index contributed by atoms with van der Waals surface area (Å²) in [4.78, 5) is 0. The molecule has 0 heterocycles. The molecule has 0 bridgehead atoms. The lowest BCUT2D eigenvalue weighted by Gasteiger charge is -2.22. The van der Waals surface area contributed by atoms with Crippen LogP contribution in [0.4, 0.5) is 13.2 Å². The molecule has 4 unspecified atom stereocenters. The van der Waals surface area contributed by atoms with Crippen molar-refractivity contribution in [1.82, 2.24) is 5.32 Å². The molecule has 2 nitrogen and oxygen atoms in total. The predicted molar refractivity (Wildman–Crippen MR) is 75.8 cm³/mol. The Morgan fingerprint density at radius 2 is 2.00 bits per heavy atom. The van der Waals surface area contributed by atoms with E-state index < -0.39 is 17.8 Å². The van der Waals surface area contributed by atoms with Crippen LogP contribution < -0.4 is 5.32 Å². The number of alkyl halides is 3. The van der Waals surface area contributed by atoms with Crippen LogP contribution >= 0.6 is 0 Å². The number of rotatable bonds is 4. The van der Waals surface area contributed by atoms with Crippen molar-refractivity contribution in [1.29, 1.82) is 0 Å². The number of nitrogens with one attached hydrogen (secondary N) is 1. The molecule has 0 spiro atoms. The fraction of sp³-hybridized carbons (Fsp3) is 0.625. The maximum atomic E-state index is 12.7. The number of aliphatic hydroxyl groups is 1. The zero-order chi connectivity index (χ0) is 15.6. The molecular weight excluding hydrogens is 279 g/mol. The van der Waals surface area contributed by atoms with E-state index >= 15 is 0 Å². The molecule has 118 valence electrons. The second-order valence-electron chi connectivity index (χ2n) is 6.07. The molecule has 0 radical (unpaired) electrons. The van der Waals surface area contributed by atoms with Crippen molar-refractivity contribution >= 4 is 0 Å². The summed E-state index contributed by atoms with van der Waals surface area (Å²) in [5, 5.41) is 13.4. The van der Waals surface area contributed by atoms with Gasteiger partial charge in [0, 0.05) is 12.6 Å². The summed E-state index contributed by atoms with van der Waals surface area (Å²) in [6.07, 6.45) is -3.09. The van der Waals surface area contributed by atoms with Crippen LogP contribution in [0.15, 0.2) is 24.3 Å². The van der Waals surface area contributed by atoms with Crippen molar-refractivity contribution in [2.45, 2.75) is 45.0 Å². The molecule has 1 aliphatic rings. The van der Waals surface area contributed by atoms with Gasteiger partial charge in [-0.15, -0.1) is 0 Å². The van der Waals surface area contributed by atoms with Crippen LogP contribution in [0.5, 0.6) is 0 Å². The summed E-state index contributed by atoms with van der Waals surface area (Å²) in [6, 6.07) is 5.24. The first-order chi connectivity index (χ1) is 9.79. The summed E-state index contributed by atoms with van der Waals surface area (Å²) >= 11 is 0. The van der Waals surface area contributed by atoms with E-state index in [2.05, 4.69) is 19.2 Å². The summed E-state index contributed by atoms with van der Waals surface area (Å²) in [6.45, 7) is 4.66. The quantitative estimate of drug-likeness (QED) is 0.887. The molecule has 4 atom stereocenters. The second-order valence-corrected chi connectivity index (χ2v) is 6.07. The number of hydrogen-bond acceptors (Lipinski definition) is 2. The molecule has 21 heavy (non-hydrogen) atoms. The molecule has 2 rings (SSSR count). The molecule has 1 fully saturated rings. The van der Waals surface area contributed by atoms with Gasteiger partial charge >= 0.3 is 6.18 Å². The van der Waals surface area contributed by atoms with Crippen LogP contribution in [0.1, 0.15) is 43.9 Å². The van der Waals surface area contributed by atoms with Gasteiger partial charge < -0.3 is 10.4 Å². The van der Waals surface area contributed by atoms with Gasteiger partial charge in [-0.05, 0) is 42.4 Å². The van der Waals surface area contributed by atoms with Crippen LogP contribution in [0, 0.1) is 11.8 Å². The van der Waals surface area contributed by atoms with E-state index in [0.29, 0.717) is 23.4 Å². The molecule has 1 aliphatic carbocycles. The van der Waals surface area contributed by atoms with E-state index in [9.17, 15) is 18.3 Å². The topological polar surface area (TPSA) is 32.3 Å². The van der Waals surface area contributed by atoms with Gasteiger partial charge in [0.25, 0.3) is 0 Å². The molecule has 0 saturated heterocycles. The minimum absolute atomic E-state index is 0.281. The Hall–Kier alpha value is -1.07. The van der Waals surface area contributed by atoms with Gasteiger partial charge in [-0.1, -0.05) is 26.0 Å². The van der Waals surface area contributed by atoms with E-state index in [0.717, 1.165) is 25.0 Å². The molecule has 1 aromatic rings. The Morgan fingerprint density at radius 1 is 1.29 bits per heavy atom. The Morgan fingerprint density at radius 3 is 2.57 bits per heavy atom. The Labute approximate surface area is 123 Å². The second kappa shape index (κ2) is 6.36. The zero-order valence-electron chi connectivity index (χ0n) is 12.3. The standard InChI is InChI=1S/C16H22F3NO/c1-10-6-7-14(11(10)2)20-9-15(21)12-4-3-5-13(8-12)16(17,18)19/h3-5,8,10-11,14-15,20-21H,6-7,9H2,1-2H3. The van der Waals surface area contributed by atoms with Crippen LogP contribution in [0.3, 0.4) is 0 Å². The zero-order valence-corrected chi connectivity index (χ0v) is 12.3. The van der Waals surface area contributed by atoms with Crippen molar-refractivity contribution in [3.63, 3.8) is 0 Å². The van der Waals surface area contributed by atoms with E-state index in [1.54, 1.807) is 0 Å². The molecule has 0 aromatic heterocycles. The fourth-order valence-corrected chi connectivity index (χ4v) is 2.96. The first-order valence-electron chi connectivity index (χ1n) is 7.37. The minimum atomic E-state index is -4.38. The molecule has 2 N–H and O–H groups in total. The molecular formula is C16H22F3NO. The SMILES string of the molecule is CC1CCC(NCC(O)c2cccc(C(F)(F)F)c2)C1C. The lowest BCUT2D eigenvalue weighted by Crippen LogP contribution is -2.35. The van der Waals surface area contributed by atoms with Gasteiger partial charge in [0.1, 0.15) is 0 Å². The lowest BCUT2D eigenvalue weighted by molar-refractivity contribution is -0.137. The Kier molecular flexibility index (Phi) is 4.94. The molecule has 1 saturated carbocycles. The molecule has 0 aliphatic heterocycles. The third-order valence-corrected chi connectivity index (χ3v) is 4.64. The predicted octanol–water partition coefficient (Wildman–Crippen LogP) is 3.76. The number of benzene rings is 1. The van der Waals surface area contributed by atoms with E-state index in [4.69, 9.17) is 0 Å². The van der Waals surface area contributed by atoms with Crippen LogP contribution in [-0.4, -0.2) is 17.7 Å². The van der Waals surface area contributed by atoms with Crippen molar-refractivity contribution in [3.05, 3.63) is 35.4 Å². The highest BCUT2D eigenvalue weighted by Crippen LogP contribution is 2.32. The monoisotopic (exact) mass is 301 g/mol. The summed E-state index contributed by atoms with van der Waals surface area (Å²) in [5.41, 5.74) is -0.419. The van der Waals surface area contributed by atoms with Crippen molar-refractivity contribution in [2.24, 2.45) is 11.8 Å². The maximum absolute atomic E-state index is 12.7. The fourth-order valence-electron chi connectivity index (χ4n) is 2.96. The highest BCUT2D eigenvalue weighted by molar-refractivity contribution is 5.27. The van der Waals surface area contributed by atoms with Crippen LogP contribution in [-0.2, 0) is 6.18 Å². The number of hydrogen-bond donors (Lipinski definition) is 2. The summed E-state index contributed by atoms with van der Waals surface area (Å²) < 4.78 is 38.0. The average molecular weight is 301 g/mol. The van der Waals surface area contributed by atoms with Crippen LogP contribution in [0.2, 0.25) is 0 Å². The van der Waals surface area contributed by atoms with Gasteiger partial charge in [-0.2, -0.15) is 13.2 Å². The summed E-state index contributed by atoms with van der Waals surface area (Å²) in [5.74, 6) is 1.17. The van der Waals surface area contributed by atoms with E-state index in [1.807, 2.05) is 0 Å². The highest BCUT2D eigenvalue weighted by Gasteiger charge is 2.32. The van der Waals surface area contributed by atoms with Gasteiger partial charge in [-0.3, -0.25) is 0 Å². The average Bonchev–Trinajstić information content (AvgIpc) is 2.75. The maximum Gasteiger partial charge on any atom is 0.416 e. The highest BCUT2D eigenvalue weighted by atomic mass is 19.4. The van der Waals surface area contributed by atoms with Gasteiger partial charge in [0.15, 0.2) is 0 Å². The van der Waals surface area contributed by atoms with Crippen LogP contribution in [0.25, 0.3) is 0 Å². The number of aliphatic hydroxyl groups excluding tert-OH is 1. The lowest BCUT2D eigenvalue weighted by atomic mass is 9.97.